The summed E-state index contributed by atoms with van der Waals surface area (Å²) in [5.41, 5.74) is 0. The maximum Gasteiger partial charge on any atom is 0.469 e. The molecule has 2 N–H and O–H groups in total. The van der Waals surface area contributed by atoms with E-state index in [0.29, 0.717) is 6.42 Å². The largest absolute Gasteiger partial charge is 0.469 e. The van der Waals surface area contributed by atoms with Gasteiger partial charge in [0.25, 0.3) is 0 Å². The van der Waals surface area contributed by atoms with Crippen molar-refractivity contribution in [2.24, 2.45) is 0 Å². The molecule has 0 fully saturated rings. The van der Waals surface area contributed by atoms with Gasteiger partial charge in [-0.1, -0.05) is 103 Å². The van der Waals surface area contributed by atoms with Crippen molar-refractivity contribution in [1.29, 1.82) is 0 Å². The summed E-state index contributed by atoms with van der Waals surface area (Å²) in [6, 6.07) is 0. The van der Waals surface area contributed by atoms with Crippen LogP contribution in [0.2, 0.25) is 0 Å². The molecule has 0 radical (unpaired) electrons. The Labute approximate surface area is 179 Å². The Hall–Kier alpha value is 0.460. The highest BCUT2D eigenvalue weighted by Crippen LogP contribution is 2.38. The molecular formula is C22H47O4PS. The molecule has 1 atom stereocenters. The van der Waals surface area contributed by atoms with Crippen molar-refractivity contribution in [3.63, 3.8) is 0 Å². The Kier molecular flexibility index (Phi) is 21.1. The van der Waals surface area contributed by atoms with Gasteiger partial charge < -0.3 is 9.79 Å². The topological polar surface area (TPSA) is 66.8 Å². The normalized spacial score (nSPS) is 13.1. The number of unbranched alkanes of at least 4 members (excludes halogenated alkanes) is 15. The van der Waals surface area contributed by atoms with Crippen LogP contribution in [0, 0.1) is 0 Å². The SMILES string of the molecule is CCCCCCCCCCCCCCCCCCSCCC(C)OP(=O)(O)O. The quantitative estimate of drug-likeness (QED) is 0.133. The van der Waals surface area contributed by atoms with Crippen molar-refractivity contribution in [2.75, 3.05) is 11.5 Å². The molecule has 0 aliphatic heterocycles. The predicted octanol–water partition coefficient (Wildman–Crippen LogP) is 7.87. The van der Waals surface area contributed by atoms with Crippen LogP contribution < -0.4 is 0 Å². The van der Waals surface area contributed by atoms with Crippen LogP contribution >= 0.6 is 19.6 Å². The minimum atomic E-state index is -4.33. The Morgan fingerprint density at radius 2 is 1.11 bits per heavy atom. The predicted molar refractivity (Wildman–Crippen MR) is 124 cm³/mol. The van der Waals surface area contributed by atoms with E-state index in [4.69, 9.17) is 9.79 Å². The van der Waals surface area contributed by atoms with Crippen LogP contribution in [0.4, 0.5) is 0 Å². The minimum Gasteiger partial charge on any atom is -0.303 e. The second-order valence-electron chi connectivity index (χ2n) is 8.11. The van der Waals surface area contributed by atoms with Gasteiger partial charge in [-0.3, -0.25) is 4.52 Å². The fourth-order valence-corrected chi connectivity index (χ4v) is 5.08. The summed E-state index contributed by atoms with van der Waals surface area (Å²) in [4.78, 5) is 17.5. The van der Waals surface area contributed by atoms with E-state index in [-0.39, 0.29) is 6.10 Å². The summed E-state index contributed by atoms with van der Waals surface area (Å²) in [7, 11) is -4.33. The fourth-order valence-electron chi connectivity index (χ4n) is 3.39. The van der Waals surface area contributed by atoms with Gasteiger partial charge in [-0.15, -0.1) is 0 Å². The molecule has 0 rings (SSSR count). The molecule has 0 saturated heterocycles. The van der Waals surface area contributed by atoms with Gasteiger partial charge in [0, 0.05) is 0 Å². The van der Waals surface area contributed by atoms with E-state index in [1.807, 2.05) is 11.8 Å². The first-order chi connectivity index (χ1) is 13.5. The van der Waals surface area contributed by atoms with Gasteiger partial charge in [0.2, 0.25) is 0 Å². The summed E-state index contributed by atoms with van der Waals surface area (Å²) in [5.74, 6) is 2.04. The molecule has 170 valence electrons. The maximum atomic E-state index is 10.7. The van der Waals surface area contributed by atoms with Crippen LogP contribution in [0.3, 0.4) is 0 Å². The first kappa shape index (κ1) is 28.5. The average molecular weight is 439 g/mol. The highest BCUT2D eigenvalue weighted by molar-refractivity contribution is 7.99. The zero-order chi connectivity index (χ0) is 20.9. The van der Waals surface area contributed by atoms with Crippen molar-refractivity contribution < 1.29 is 18.9 Å². The lowest BCUT2D eigenvalue weighted by molar-refractivity contribution is 0.143. The second kappa shape index (κ2) is 20.7. The van der Waals surface area contributed by atoms with E-state index >= 15 is 0 Å². The summed E-state index contributed by atoms with van der Waals surface area (Å²) in [6.45, 7) is 3.99. The van der Waals surface area contributed by atoms with Crippen LogP contribution in [0.15, 0.2) is 0 Å². The van der Waals surface area contributed by atoms with Crippen LogP contribution in [-0.2, 0) is 9.09 Å². The van der Waals surface area contributed by atoms with Gasteiger partial charge >= 0.3 is 7.82 Å². The third kappa shape index (κ3) is 24.5. The molecule has 0 aromatic heterocycles. The van der Waals surface area contributed by atoms with Crippen molar-refractivity contribution in [3.8, 4) is 0 Å². The van der Waals surface area contributed by atoms with Crippen molar-refractivity contribution in [2.45, 2.75) is 129 Å². The molecular weight excluding hydrogens is 391 g/mol. The van der Waals surface area contributed by atoms with E-state index in [9.17, 15) is 4.57 Å². The molecule has 0 aliphatic carbocycles. The lowest BCUT2D eigenvalue weighted by atomic mass is 10.0. The van der Waals surface area contributed by atoms with Gasteiger partial charge in [-0.2, -0.15) is 11.8 Å². The molecule has 0 aromatic rings. The van der Waals surface area contributed by atoms with E-state index < -0.39 is 7.82 Å². The van der Waals surface area contributed by atoms with Crippen molar-refractivity contribution in [1.82, 2.24) is 0 Å². The molecule has 28 heavy (non-hydrogen) atoms. The zero-order valence-electron chi connectivity index (χ0n) is 18.6. The molecule has 0 saturated carbocycles. The third-order valence-electron chi connectivity index (χ3n) is 5.13. The molecule has 0 aliphatic rings. The van der Waals surface area contributed by atoms with E-state index in [1.54, 1.807) is 6.92 Å². The Morgan fingerprint density at radius 3 is 1.50 bits per heavy atom. The molecule has 0 heterocycles. The first-order valence-electron chi connectivity index (χ1n) is 11.8. The highest BCUT2D eigenvalue weighted by atomic mass is 32.2. The molecule has 0 aromatic carbocycles. The minimum absolute atomic E-state index is 0.376. The first-order valence-corrected chi connectivity index (χ1v) is 14.5. The van der Waals surface area contributed by atoms with Gasteiger partial charge in [0.05, 0.1) is 6.10 Å². The van der Waals surface area contributed by atoms with Gasteiger partial charge in [0.15, 0.2) is 0 Å². The number of phosphoric ester groups is 1. The molecule has 6 heteroatoms. The summed E-state index contributed by atoms with van der Waals surface area (Å²) in [6.07, 6.45) is 22.6. The molecule has 0 spiro atoms. The van der Waals surface area contributed by atoms with Gasteiger partial charge in [0.1, 0.15) is 0 Å². The lowest BCUT2D eigenvalue weighted by Crippen LogP contribution is -2.07. The fraction of sp³-hybridized carbons (Fsp3) is 1.00. The Balaban J connectivity index is 3.11. The highest BCUT2D eigenvalue weighted by Gasteiger charge is 2.18. The van der Waals surface area contributed by atoms with Crippen molar-refractivity contribution in [3.05, 3.63) is 0 Å². The molecule has 4 nitrogen and oxygen atoms in total. The third-order valence-corrected chi connectivity index (χ3v) is 6.86. The second-order valence-corrected chi connectivity index (χ2v) is 10.5. The number of phosphoric acid groups is 1. The number of thioether (sulfide) groups is 1. The smallest absolute Gasteiger partial charge is 0.303 e. The molecule has 1 unspecified atom stereocenters. The standard InChI is InChI=1S/C22H47O4PS/c1-3-4-5-6-7-8-9-10-11-12-13-14-15-16-17-18-20-28-21-19-22(2)26-27(23,24)25/h22H,3-21H2,1-2H3,(H2,23,24,25). The van der Waals surface area contributed by atoms with Gasteiger partial charge in [-0.05, 0) is 31.3 Å². The van der Waals surface area contributed by atoms with Crippen LogP contribution in [0.25, 0.3) is 0 Å². The number of hydrogen-bond donors (Lipinski definition) is 2. The van der Waals surface area contributed by atoms with Crippen LogP contribution in [0.5, 0.6) is 0 Å². The molecule has 0 bridgehead atoms. The van der Waals surface area contributed by atoms with Crippen LogP contribution in [-0.4, -0.2) is 27.4 Å². The zero-order valence-corrected chi connectivity index (χ0v) is 20.3. The number of hydrogen-bond acceptors (Lipinski definition) is 3. The average Bonchev–Trinajstić information content (AvgIpc) is 2.62. The number of rotatable bonds is 22. The lowest BCUT2D eigenvalue weighted by Gasteiger charge is -2.12. The molecule has 0 amide bonds. The van der Waals surface area contributed by atoms with Crippen LogP contribution in [0.1, 0.15) is 123 Å². The van der Waals surface area contributed by atoms with E-state index in [0.717, 1.165) is 11.5 Å². The van der Waals surface area contributed by atoms with Crippen molar-refractivity contribution >= 4 is 19.6 Å². The van der Waals surface area contributed by atoms with E-state index in [2.05, 4.69) is 11.4 Å². The summed E-state index contributed by atoms with van der Waals surface area (Å²) < 4.78 is 15.3. The monoisotopic (exact) mass is 438 g/mol. The summed E-state index contributed by atoms with van der Waals surface area (Å²) >= 11 is 1.86. The summed E-state index contributed by atoms with van der Waals surface area (Å²) in [5, 5.41) is 0. The van der Waals surface area contributed by atoms with E-state index in [1.165, 1.54) is 103 Å². The van der Waals surface area contributed by atoms with Gasteiger partial charge in [-0.25, -0.2) is 4.57 Å². The Bertz CT molecular complexity index is 362. The maximum absolute atomic E-state index is 10.7. The Morgan fingerprint density at radius 1 is 0.714 bits per heavy atom.